The van der Waals surface area contributed by atoms with Gasteiger partial charge in [0.15, 0.2) is 5.78 Å². The van der Waals surface area contributed by atoms with Gasteiger partial charge < -0.3 is 4.74 Å². The fourth-order valence-electron chi connectivity index (χ4n) is 3.63. The highest BCUT2D eigenvalue weighted by Crippen LogP contribution is 2.37. The minimum atomic E-state index is -0.682. The normalized spacial score (nSPS) is 10.6. The Labute approximate surface area is 213 Å². The molecule has 0 N–H and O–H groups in total. The topological polar surface area (TPSA) is 60.4 Å². The summed E-state index contributed by atoms with van der Waals surface area (Å²) in [6, 6.07) is 25.9. The standard InChI is InChI=1S/C28H18Br2O4/c1-17(31)26-22(19-14-20(29)16-21(30)15-19)11-7-13-25(26)34-24-12-6-5-10-23(24)28(33)27(32)18-8-3-2-4-9-18/h2-16H,1H3. The van der Waals surface area contributed by atoms with E-state index in [1.165, 1.54) is 6.92 Å². The Hall–Kier alpha value is -3.35. The lowest BCUT2D eigenvalue weighted by atomic mass is 9.96. The number of carbonyl (C=O) groups excluding carboxylic acids is 3. The maximum Gasteiger partial charge on any atom is 0.237 e. The predicted octanol–water partition coefficient (Wildman–Crippen LogP) is 7.94. The molecule has 34 heavy (non-hydrogen) atoms. The monoisotopic (exact) mass is 576 g/mol. The summed E-state index contributed by atoms with van der Waals surface area (Å²) >= 11 is 6.97. The minimum absolute atomic E-state index is 0.126. The molecule has 4 aromatic carbocycles. The summed E-state index contributed by atoms with van der Waals surface area (Å²) in [6.45, 7) is 1.47. The van der Waals surface area contributed by atoms with Crippen molar-refractivity contribution >= 4 is 49.2 Å². The van der Waals surface area contributed by atoms with Gasteiger partial charge in [-0.1, -0.05) is 86.5 Å². The van der Waals surface area contributed by atoms with Crippen LogP contribution in [0.3, 0.4) is 0 Å². The van der Waals surface area contributed by atoms with Crippen LogP contribution in [0.25, 0.3) is 11.1 Å². The first-order valence-corrected chi connectivity index (χ1v) is 11.9. The molecule has 0 saturated carbocycles. The molecule has 0 amide bonds. The van der Waals surface area contributed by atoms with E-state index < -0.39 is 11.6 Å². The van der Waals surface area contributed by atoms with Crippen molar-refractivity contribution < 1.29 is 19.1 Å². The number of ether oxygens (including phenoxy) is 1. The Morgan fingerprint density at radius 1 is 0.676 bits per heavy atom. The summed E-state index contributed by atoms with van der Waals surface area (Å²) in [6.07, 6.45) is 0. The van der Waals surface area contributed by atoms with Gasteiger partial charge in [0, 0.05) is 14.5 Å². The highest BCUT2D eigenvalue weighted by Gasteiger charge is 2.23. The third kappa shape index (κ3) is 5.08. The van der Waals surface area contributed by atoms with Gasteiger partial charge in [-0.15, -0.1) is 0 Å². The number of rotatable bonds is 7. The maximum atomic E-state index is 13.0. The zero-order chi connectivity index (χ0) is 24.2. The van der Waals surface area contributed by atoms with E-state index in [2.05, 4.69) is 31.9 Å². The quantitative estimate of drug-likeness (QED) is 0.165. The molecule has 0 spiro atoms. The second-order valence-electron chi connectivity index (χ2n) is 7.52. The first-order valence-electron chi connectivity index (χ1n) is 10.4. The van der Waals surface area contributed by atoms with Gasteiger partial charge in [0.1, 0.15) is 11.5 Å². The summed E-state index contributed by atoms with van der Waals surface area (Å²) < 4.78 is 7.82. The molecule has 0 atom stereocenters. The smallest absolute Gasteiger partial charge is 0.237 e. The Kier molecular flexibility index (Phi) is 7.20. The highest BCUT2D eigenvalue weighted by molar-refractivity contribution is 9.11. The second-order valence-corrected chi connectivity index (χ2v) is 9.35. The highest BCUT2D eigenvalue weighted by atomic mass is 79.9. The molecule has 0 heterocycles. The van der Waals surface area contributed by atoms with Crippen LogP contribution in [-0.4, -0.2) is 17.3 Å². The van der Waals surface area contributed by atoms with Crippen LogP contribution in [0.1, 0.15) is 38.0 Å². The van der Waals surface area contributed by atoms with Gasteiger partial charge in [0.2, 0.25) is 11.6 Å². The molecule has 0 aliphatic carbocycles. The summed E-state index contributed by atoms with van der Waals surface area (Å²) in [5, 5.41) is 0. The summed E-state index contributed by atoms with van der Waals surface area (Å²) in [5.41, 5.74) is 2.32. The maximum absolute atomic E-state index is 13.0. The van der Waals surface area contributed by atoms with Crippen LogP contribution in [-0.2, 0) is 0 Å². The summed E-state index contributed by atoms with van der Waals surface area (Å²) in [5.74, 6) is -0.999. The van der Waals surface area contributed by atoms with Gasteiger partial charge in [-0.05, 0) is 54.4 Å². The molecule has 6 heteroatoms. The molecule has 0 unspecified atom stereocenters. The molecule has 0 bridgehead atoms. The van der Waals surface area contributed by atoms with E-state index in [0.29, 0.717) is 22.4 Å². The fraction of sp³-hybridized carbons (Fsp3) is 0.0357. The predicted molar refractivity (Wildman–Crippen MR) is 139 cm³/mol. The van der Waals surface area contributed by atoms with Crippen molar-refractivity contribution in [3.63, 3.8) is 0 Å². The van der Waals surface area contributed by atoms with Crippen LogP contribution in [0.15, 0.2) is 99.9 Å². The van der Waals surface area contributed by atoms with Gasteiger partial charge in [0.05, 0.1) is 11.1 Å². The molecule has 168 valence electrons. The molecule has 4 rings (SSSR count). The van der Waals surface area contributed by atoms with Crippen LogP contribution >= 0.6 is 31.9 Å². The second kappa shape index (κ2) is 10.3. The Bertz CT molecular complexity index is 1390. The molecule has 0 aliphatic heterocycles. The number of carbonyl (C=O) groups is 3. The number of benzene rings is 4. The van der Waals surface area contributed by atoms with Crippen molar-refractivity contribution in [2.24, 2.45) is 0 Å². The van der Waals surface area contributed by atoms with Crippen molar-refractivity contribution in [1.29, 1.82) is 0 Å². The molecule has 0 saturated heterocycles. The molecule has 4 aromatic rings. The molecule has 4 nitrogen and oxygen atoms in total. The zero-order valence-electron chi connectivity index (χ0n) is 18.0. The Morgan fingerprint density at radius 3 is 1.97 bits per heavy atom. The third-order valence-electron chi connectivity index (χ3n) is 5.15. The van der Waals surface area contributed by atoms with Gasteiger partial charge in [-0.3, -0.25) is 14.4 Å². The van der Waals surface area contributed by atoms with Crippen molar-refractivity contribution in [2.45, 2.75) is 6.92 Å². The fourth-order valence-corrected chi connectivity index (χ4v) is 4.93. The first-order chi connectivity index (χ1) is 16.3. The van der Waals surface area contributed by atoms with Crippen LogP contribution in [0.4, 0.5) is 0 Å². The van der Waals surface area contributed by atoms with Crippen LogP contribution < -0.4 is 4.74 Å². The number of para-hydroxylation sites is 1. The lowest BCUT2D eigenvalue weighted by Gasteiger charge is -2.16. The average molecular weight is 578 g/mol. The Morgan fingerprint density at radius 2 is 1.29 bits per heavy atom. The van der Waals surface area contributed by atoms with E-state index >= 15 is 0 Å². The molecular formula is C28H18Br2O4. The van der Waals surface area contributed by atoms with Gasteiger partial charge in [-0.25, -0.2) is 0 Å². The zero-order valence-corrected chi connectivity index (χ0v) is 21.2. The van der Waals surface area contributed by atoms with Crippen molar-refractivity contribution in [3.8, 4) is 22.6 Å². The number of hydrogen-bond acceptors (Lipinski definition) is 4. The van der Waals surface area contributed by atoms with Crippen LogP contribution in [0.2, 0.25) is 0 Å². The SMILES string of the molecule is CC(=O)c1c(Oc2ccccc2C(=O)C(=O)c2ccccc2)cccc1-c1cc(Br)cc(Br)c1. The van der Waals surface area contributed by atoms with Crippen LogP contribution in [0, 0.1) is 0 Å². The van der Waals surface area contributed by atoms with Crippen LogP contribution in [0.5, 0.6) is 11.5 Å². The molecular weight excluding hydrogens is 560 g/mol. The van der Waals surface area contributed by atoms with E-state index in [1.54, 1.807) is 66.7 Å². The molecule has 0 aliphatic rings. The number of ketones is 3. The van der Waals surface area contributed by atoms with Gasteiger partial charge in [-0.2, -0.15) is 0 Å². The molecule has 0 fully saturated rings. The van der Waals surface area contributed by atoms with Gasteiger partial charge in [0.25, 0.3) is 0 Å². The summed E-state index contributed by atoms with van der Waals surface area (Å²) in [7, 11) is 0. The van der Waals surface area contributed by atoms with E-state index in [1.807, 2.05) is 24.3 Å². The minimum Gasteiger partial charge on any atom is -0.456 e. The van der Waals surface area contributed by atoms with E-state index in [-0.39, 0.29) is 17.1 Å². The van der Waals surface area contributed by atoms with Gasteiger partial charge >= 0.3 is 0 Å². The van der Waals surface area contributed by atoms with E-state index in [9.17, 15) is 14.4 Å². The lowest BCUT2D eigenvalue weighted by Crippen LogP contribution is -2.15. The lowest BCUT2D eigenvalue weighted by molar-refractivity contribution is 0.0815. The van der Waals surface area contributed by atoms with Crippen molar-refractivity contribution in [2.75, 3.05) is 0 Å². The van der Waals surface area contributed by atoms with Crippen molar-refractivity contribution in [1.82, 2.24) is 0 Å². The average Bonchev–Trinajstić information content (AvgIpc) is 2.83. The number of hydrogen-bond donors (Lipinski definition) is 0. The van der Waals surface area contributed by atoms with E-state index in [0.717, 1.165) is 14.5 Å². The van der Waals surface area contributed by atoms with Crippen molar-refractivity contribution in [3.05, 3.63) is 117 Å². The Balaban J connectivity index is 1.77. The van der Waals surface area contributed by atoms with E-state index in [4.69, 9.17) is 4.74 Å². The third-order valence-corrected chi connectivity index (χ3v) is 6.06. The summed E-state index contributed by atoms with van der Waals surface area (Å²) in [4.78, 5) is 38.5. The molecule has 0 aromatic heterocycles. The molecule has 0 radical (unpaired) electrons. The first kappa shape index (κ1) is 23.8. The number of Topliss-reactive ketones (excluding diaryl/α,β-unsaturated/α-hetero) is 3. The number of halogens is 2. The largest absolute Gasteiger partial charge is 0.456 e.